The van der Waals surface area contributed by atoms with E-state index >= 15 is 0 Å². The summed E-state index contributed by atoms with van der Waals surface area (Å²) in [4.78, 5) is 13.3. The van der Waals surface area contributed by atoms with Gasteiger partial charge in [-0.05, 0) is 50.8 Å². The SMILES string of the molecule is CC1(C)Cc2ccccc2/C(=C/C(=O)C2CCN(S(=O)(=O)c3ccccc3)CC2)N1. The molecule has 0 radical (unpaired) electrons. The number of hydrogen-bond acceptors (Lipinski definition) is 4. The molecule has 2 aliphatic rings. The van der Waals surface area contributed by atoms with Gasteiger partial charge in [-0.3, -0.25) is 4.79 Å². The molecule has 2 heterocycles. The highest BCUT2D eigenvalue weighted by molar-refractivity contribution is 7.89. The first kappa shape index (κ1) is 20.8. The number of nitrogens with zero attached hydrogens (tertiary/aromatic N) is 1. The molecule has 0 aromatic heterocycles. The molecule has 0 amide bonds. The number of benzene rings is 2. The minimum absolute atomic E-state index is 0.0711. The van der Waals surface area contributed by atoms with Crippen LogP contribution < -0.4 is 5.32 Å². The van der Waals surface area contributed by atoms with Crippen molar-refractivity contribution in [1.82, 2.24) is 9.62 Å². The first-order valence-corrected chi connectivity index (χ1v) is 11.9. The molecule has 1 N–H and O–H groups in total. The summed E-state index contributed by atoms with van der Waals surface area (Å²) in [6, 6.07) is 16.7. The highest BCUT2D eigenvalue weighted by Crippen LogP contribution is 2.31. The molecule has 158 valence electrons. The molecule has 0 unspecified atom stereocenters. The van der Waals surface area contributed by atoms with E-state index in [2.05, 4.69) is 25.2 Å². The van der Waals surface area contributed by atoms with Crippen molar-refractivity contribution >= 4 is 21.5 Å². The lowest BCUT2D eigenvalue weighted by molar-refractivity contribution is -0.119. The number of hydrogen-bond donors (Lipinski definition) is 1. The summed E-state index contributed by atoms with van der Waals surface area (Å²) in [7, 11) is -3.50. The van der Waals surface area contributed by atoms with Crippen molar-refractivity contribution in [3.05, 3.63) is 71.8 Å². The van der Waals surface area contributed by atoms with Crippen molar-refractivity contribution in [2.45, 2.75) is 43.5 Å². The molecule has 0 atom stereocenters. The second-order valence-electron chi connectivity index (χ2n) is 8.79. The van der Waals surface area contributed by atoms with Crippen LogP contribution in [0, 0.1) is 5.92 Å². The summed E-state index contributed by atoms with van der Waals surface area (Å²) in [5.41, 5.74) is 3.07. The lowest BCUT2D eigenvalue weighted by Gasteiger charge is -2.36. The smallest absolute Gasteiger partial charge is 0.243 e. The highest BCUT2D eigenvalue weighted by Gasteiger charge is 2.33. The number of carbonyl (C=O) groups is 1. The Balaban J connectivity index is 1.48. The van der Waals surface area contributed by atoms with Gasteiger partial charge >= 0.3 is 0 Å². The third kappa shape index (κ3) is 4.20. The minimum Gasteiger partial charge on any atom is -0.379 e. The molecule has 30 heavy (non-hydrogen) atoms. The second kappa shape index (κ2) is 8.00. The molecular formula is C24H28N2O3S. The third-order valence-electron chi connectivity index (χ3n) is 5.94. The van der Waals surface area contributed by atoms with E-state index < -0.39 is 10.0 Å². The number of allylic oxidation sites excluding steroid dienone is 1. The van der Waals surface area contributed by atoms with Crippen LogP contribution in [0.2, 0.25) is 0 Å². The Labute approximate surface area is 178 Å². The van der Waals surface area contributed by atoms with E-state index in [1.807, 2.05) is 18.2 Å². The van der Waals surface area contributed by atoms with Crippen LogP contribution in [0.4, 0.5) is 0 Å². The van der Waals surface area contributed by atoms with Gasteiger partial charge in [0.05, 0.1) is 4.90 Å². The molecule has 2 aromatic carbocycles. The average molecular weight is 425 g/mol. The number of nitrogens with one attached hydrogen (secondary N) is 1. The van der Waals surface area contributed by atoms with Crippen LogP contribution >= 0.6 is 0 Å². The van der Waals surface area contributed by atoms with Crippen LogP contribution in [-0.2, 0) is 21.2 Å². The van der Waals surface area contributed by atoms with Gasteiger partial charge in [0.15, 0.2) is 5.78 Å². The summed E-state index contributed by atoms with van der Waals surface area (Å²) in [5.74, 6) is -0.0829. The maximum absolute atomic E-state index is 13.0. The maximum Gasteiger partial charge on any atom is 0.243 e. The largest absolute Gasteiger partial charge is 0.379 e. The topological polar surface area (TPSA) is 66.5 Å². The molecule has 6 heteroatoms. The van der Waals surface area contributed by atoms with Crippen LogP contribution in [0.5, 0.6) is 0 Å². The van der Waals surface area contributed by atoms with Gasteiger partial charge in [-0.25, -0.2) is 8.42 Å². The van der Waals surface area contributed by atoms with Crippen molar-refractivity contribution < 1.29 is 13.2 Å². The Hall–Kier alpha value is -2.44. The van der Waals surface area contributed by atoms with E-state index in [1.54, 1.807) is 36.4 Å². The standard InChI is InChI=1S/C24H28N2O3S/c1-24(2)17-19-8-6-7-11-21(19)22(25-24)16-23(27)18-12-14-26(15-13-18)30(28,29)20-9-4-3-5-10-20/h3-11,16,18,25H,12-15,17H2,1-2H3/b22-16-. The third-order valence-corrected chi connectivity index (χ3v) is 7.85. The van der Waals surface area contributed by atoms with Crippen molar-refractivity contribution in [2.24, 2.45) is 5.92 Å². The Morgan fingerprint density at radius 1 is 1.03 bits per heavy atom. The fraction of sp³-hybridized carbons (Fsp3) is 0.375. The Kier molecular flexibility index (Phi) is 5.55. The Morgan fingerprint density at radius 2 is 1.67 bits per heavy atom. The Bertz CT molecular complexity index is 1070. The summed E-state index contributed by atoms with van der Waals surface area (Å²) in [6.45, 7) is 5.00. The summed E-state index contributed by atoms with van der Waals surface area (Å²) in [6.07, 6.45) is 3.72. The fourth-order valence-corrected chi connectivity index (χ4v) is 5.88. The van der Waals surface area contributed by atoms with Gasteiger partial charge < -0.3 is 5.32 Å². The van der Waals surface area contributed by atoms with Crippen LogP contribution in [0.3, 0.4) is 0 Å². The van der Waals surface area contributed by atoms with Crippen LogP contribution in [0.15, 0.2) is 65.6 Å². The molecule has 0 saturated carbocycles. The molecular weight excluding hydrogens is 396 g/mol. The molecule has 1 saturated heterocycles. The summed E-state index contributed by atoms with van der Waals surface area (Å²) < 4.78 is 27.1. The van der Waals surface area contributed by atoms with E-state index in [0.29, 0.717) is 30.8 Å². The van der Waals surface area contributed by atoms with Crippen LogP contribution in [-0.4, -0.2) is 37.1 Å². The molecule has 2 aromatic rings. The lowest BCUT2D eigenvalue weighted by atomic mass is 9.84. The van der Waals surface area contributed by atoms with Gasteiger partial charge in [0.2, 0.25) is 10.0 Å². The van der Waals surface area contributed by atoms with Crippen molar-refractivity contribution in [1.29, 1.82) is 0 Å². The summed E-state index contributed by atoms with van der Waals surface area (Å²) in [5, 5.41) is 3.51. The first-order chi connectivity index (χ1) is 14.3. The number of piperidine rings is 1. The van der Waals surface area contributed by atoms with E-state index in [4.69, 9.17) is 0 Å². The zero-order valence-corrected chi connectivity index (χ0v) is 18.3. The molecule has 5 nitrogen and oxygen atoms in total. The molecule has 0 bridgehead atoms. The first-order valence-electron chi connectivity index (χ1n) is 10.4. The number of fused-ring (bicyclic) bond motifs is 1. The van der Waals surface area contributed by atoms with Gasteiger partial charge in [0.25, 0.3) is 0 Å². The minimum atomic E-state index is -3.50. The monoisotopic (exact) mass is 424 g/mol. The fourth-order valence-electron chi connectivity index (χ4n) is 4.39. The van der Waals surface area contributed by atoms with Gasteiger partial charge in [0, 0.05) is 41.9 Å². The van der Waals surface area contributed by atoms with E-state index in [0.717, 1.165) is 17.7 Å². The van der Waals surface area contributed by atoms with Gasteiger partial charge in [0.1, 0.15) is 0 Å². The van der Waals surface area contributed by atoms with E-state index in [9.17, 15) is 13.2 Å². The zero-order valence-electron chi connectivity index (χ0n) is 17.5. The number of rotatable bonds is 4. The van der Waals surface area contributed by atoms with Crippen LogP contribution in [0.1, 0.15) is 37.8 Å². The van der Waals surface area contributed by atoms with Crippen molar-refractivity contribution in [2.75, 3.05) is 13.1 Å². The highest BCUT2D eigenvalue weighted by atomic mass is 32.2. The average Bonchev–Trinajstić information content (AvgIpc) is 2.73. The van der Waals surface area contributed by atoms with E-state index in [-0.39, 0.29) is 17.2 Å². The molecule has 4 rings (SSSR count). The van der Waals surface area contributed by atoms with Crippen LogP contribution in [0.25, 0.3) is 5.70 Å². The Morgan fingerprint density at radius 3 is 2.37 bits per heavy atom. The second-order valence-corrected chi connectivity index (χ2v) is 10.7. The number of carbonyl (C=O) groups excluding carboxylic acids is 1. The molecule has 1 fully saturated rings. The van der Waals surface area contributed by atoms with Gasteiger partial charge in [-0.1, -0.05) is 42.5 Å². The predicted molar refractivity (Wildman–Crippen MR) is 118 cm³/mol. The normalized spacial score (nSPS) is 21.1. The number of sulfonamides is 1. The number of ketones is 1. The van der Waals surface area contributed by atoms with Crippen molar-refractivity contribution in [3.63, 3.8) is 0 Å². The van der Waals surface area contributed by atoms with Gasteiger partial charge in [-0.2, -0.15) is 4.31 Å². The molecule has 0 aliphatic carbocycles. The molecule has 0 spiro atoms. The summed E-state index contributed by atoms with van der Waals surface area (Å²) >= 11 is 0. The lowest BCUT2D eigenvalue weighted by Crippen LogP contribution is -2.44. The van der Waals surface area contributed by atoms with Crippen molar-refractivity contribution in [3.8, 4) is 0 Å². The quantitative estimate of drug-likeness (QED) is 0.762. The zero-order chi connectivity index (χ0) is 21.4. The maximum atomic E-state index is 13.0. The van der Waals surface area contributed by atoms with E-state index in [1.165, 1.54) is 9.87 Å². The van der Waals surface area contributed by atoms with Gasteiger partial charge in [-0.15, -0.1) is 0 Å². The molecule has 2 aliphatic heterocycles. The predicted octanol–water partition coefficient (Wildman–Crippen LogP) is 3.62.